The van der Waals surface area contributed by atoms with E-state index in [9.17, 15) is 14.7 Å². The zero-order valence-corrected chi connectivity index (χ0v) is 16.9. The predicted octanol–water partition coefficient (Wildman–Crippen LogP) is 4.27. The van der Waals surface area contributed by atoms with Crippen LogP contribution in [0.1, 0.15) is 22.9 Å². The number of nitrogens with zero attached hydrogens (tertiary/aromatic N) is 2. The van der Waals surface area contributed by atoms with Gasteiger partial charge in [-0.25, -0.2) is 0 Å². The monoisotopic (exact) mass is 424 g/mol. The van der Waals surface area contributed by atoms with Crippen molar-refractivity contribution in [1.29, 1.82) is 0 Å². The van der Waals surface area contributed by atoms with E-state index in [4.69, 9.17) is 20.9 Å². The number of aromatic nitrogens is 1. The zero-order valence-electron chi connectivity index (χ0n) is 16.1. The first kappa shape index (κ1) is 19.7. The van der Waals surface area contributed by atoms with Crippen molar-refractivity contribution in [1.82, 2.24) is 5.16 Å². The molecule has 152 valence electrons. The van der Waals surface area contributed by atoms with E-state index < -0.39 is 17.7 Å². The number of methoxy groups -OCH3 is 1. The molecule has 7 nitrogen and oxygen atoms in total. The van der Waals surface area contributed by atoms with Crippen LogP contribution in [0, 0.1) is 6.92 Å². The minimum absolute atomic E-state index is 0.0764. The molecule has 1 amide bonds. The number of halogens is 1. The Bertz CT molecular complexity index is 1170. The number of ketones is 1. The molecule has 1 fully saturated rings. The Labute approximate surface area is 177 Å². The first-order valence-electron chi connectivity index (χ1n) is 9.05. The summed E-state index contributed by atoms with van der Waals surface area (Å²) in [6.07, 6.45) is 0. The number of hydrogen-bond acceptors (Lipinski definition) is 6. The molecule has 2 aromatic carbocycles. The van der Waals surface area contributed by atoms with Crippen molar-refractivity contribution in [3.63, 3.8) is 0 Å². The van der Waals surface area contributed by atoms with E-state index in [1.807, 2.05) is 0 Å². The van der Waals surface area contributed by atoms with Crippen LogP contribution < -0.4 is 9.64 Å². The van der Waals surface area contributed by atoms with Gasteiger partial charge in [0.2, 0.25) is 0 Å². The molecule has 3 aromatic rings. The van der Waals surface area contributed by atoms with Gasteiger partial charge in [0.15, 0.2) is 5.82 Å². The molecule has 0 spiro atoms. The number of benzene rings is 2. The predicted molar refractivity (Wildman–Crippen MR) is 110 cm³/mol. The van der Waals surface area contributed by atoms with Gasteiger partial charge in [-0.1, -0.05) is 35.0 Å². The number of Topliss-reactive ketones (excluding diaryl/α,β-unsaturated/α-hetero) is 1. The molecule has 0 aliphatic carbocycles. The summed E-state index contributed by atoms with van der Waals surface area (Å²) in [5.41, 5.74) is 0.802. The molecule has 2 heterocycles. The maximum Gasteiger partial charge on any atom is 0.301 e. The van der Waals surface area contributed by atoms with Crippen LogP contribution in [0.5, 0.6) is 5.75 Å². The molecule has 1 N–H and O–H groups in total. The topological polar surface area (TPSA) is 92.9 Å². The van der Waals surface area contributed by atoms with Crippen LogP contribution in [0.15, 0.2) is 64.7 Å². The Hall–Kier alpha value is -3.58. The minimum atomic E-state index is -0.957. The first-order chi connectivity index (χ1) is 14.4. The van der Waals surface area contributed by atoms with Crippen molar-refractivity contribution in [3.05, 3.63) is 82.1 Å². The summed E-state index contributed by atoms with van der Waals surface area (Å²) in [5, 5.41) is 15.4. The summed E-state index contributed by atoms with van der Waals surface area (Å²) in [5.74, 6) is -0.877. The quantitative estimate of drug-likeness (QED) is 0.382. The molecule has 1 aliphatic rings. The molecule has 0 radical (unpaired) electrons. The van der Waals surface area contributed by atoms with E-state index in [1.165, 1.54) is 12.0 Å². The lowest BCUT2D eigenvalue weighted by molar-refractivity contribution is -0.132. The fourth-order valence-corrected chi connectivity index (χ4v) is 3.61. The second kappa shape index (κ2) is 7.68. The fraction of sp³-hybridized carbons (Fsp3) is 0.136. The van der Waals surface area contributed by atoms with Crippen molar-refractivity contribution in [2.45, 2.75) is 13.0 Å². The number of aliphatic hydroxyl groups excluding tert-OH is 1. The number of carbonyl (C=O) groups is 2. The summed E-state index contributed by atoms with van der Waals surface area (Å²) in [7, 11) is 1.49. The Morgan fingerprint density at radius 3 is 2.50 bits per heavy atom. The molecule has 1 saturated heterocycles. The second-order valence-electron chi connectivity index (χ2n) is 6.71. The van der Waals surface area contributed by atoms with Crippen LogP contribution >= 0.6 is 11.6 Å². The van der Waals surface area contributed by atoms with Crippen LogP contribution in [0.3, 0.4) is 0 Å². The highest BCUT2D eigenvalue weighted by atomic mass is 35.5. The molecule has 0 saturated carbocycles. The third kappa shape index (κ3) is 3.23. The highest BCUT2D eigenvalue weighted by Crippen LogP contribution is 2.44. The summed E-state index contributed by atoms with van der Waals surface area (Å²) < 4.78 is 10.6. The van der Waals surface area contributed by atoms with E-state index in [2.05, 4.69) is 5.16 Å². The average molecular weight is 425 g/mol. The van der Waals surface area contributed by atoms with Gasteiger partial charge in [0.05, 0.1) is 12.7 Å². The molecule has 1 aromatic heterocycles. The zero-order chi connectivity index (χ0) is 21.4. The van der Waals surface area contributed by atoms with Crippen molar-refractivity contribution in [2.75, 3.05) is 12.0 Å². The molecule has 0 unspecified atom stereocenters. The van der Waals surface area contributed by atoms with Crippen molar-refractivity contribution >= 4 is 34.9 Å². The van der Waals surface area contributed by atoms with Gasteiger partial charge in [0.1, 0.15) is 23.3 Å². The lowest BCUT2D eigenvalue weighted by Crippen LogP contribution is -2.29. The third-order valence-electron chi connectivity index (χ3n) is 4.86. The van der Waals surface area contributed by atoms with E-state index in [0.29, 0.717) is 27.7 Å². The SMILES string of the molecule is COc1ccccc1[C@H]1C(=C(O)c2ccc(Cl)cc2)C(=O)C(=O)N1c1cc(C)on1. The molecule has 0 bridgehead atoms. The number of ether oxygens (including phenoxy) is 1. The number of aliphatic hydroxyl groups is 1. The van der Waals surface area contributed by atoms with Crippen molar-refractivity contribution < 1.29 is 24.0 Å². The molecular weight excluding hydrogens is 408 g/mol. The maximum absolute atomic E-state index is 13.0. The minimum Gasteiger partial charge on any atom is -0.507 e. The Kier molecular flexibility index (Phi) is 5.05. The number of amides is 1. The van der Waals surface area contributed by atoms with Crippen LogP contribution in [0.25, 0.3) is 5.76 Å². The van der Waals surface area contributed by atoms with E-state index >= 15 is 0 Å². The summed E-state index contributed by atoms with van der Waals surface area (Å²) in [6, 6.07) is 13.9. The normalized spacial score (nSPS) is 18.1. The van der Waals surface area contributed by atoms with Gasteiger partial charge in [-0.05, 0) is 37.3 Å². The number of aryl methyl sites for hydroxylation is 1. The lowest BCUT2D eigenvalue weighted by Gasteiger charge is -2.24. The summed E-state index contributed by atoms with van der Waals surface area (Å²) in [4.78, 5) is 27.2. The Morgan fingerprint density at radius 2 is 1.87 bits per heavy atom. The van der Waals surface area contributed by atoms with Gasteiger partial charge < -0.3 is 14.4 Å². The second-order valence-corrected chi connectivity index (χ2v) is 7.15. The highest BCUT2D eigenvalue weighted by molar-refractivity contribution is 6.51. The fourth-order valence-electron chi connectivity index (χ4n) is 3.49. The van der Waals surface area contributed by atoms with Gasteiger partial charge in [-0.3, -0.25) is 14.5 Å². The van der Waals surface area contributed by atoms with E-state index in [-0.39, 0.29) is 17.2 Å². The van der Waals surface area contributed by atoms with Gasteiger partial charge in [0, 0.05) is 22.2 Å². The van der Waals surface area contributed by atoms with Gasteiger partial charge >= 0.3 is 5.91 Å². The van der Waals surface area contributed by atoms with Crippen LogP contribution in [-0.4, -0.2) is 29.1 Å². The third-order valence-corrected chi connectivity index (χ3v) is 5.11. The van der Waals surface area contributed by atoms with Crippen LogP contribution in [0.4, 0.5) is 5.82 Å². The van der Waals surface area contributed by atoms with Gasteiger partial charge in [-0.15, -0.1) is 0 Å². The van der Waals surface area contributed by atoms with Crippen molar-refractivity contribution in [3.8, 4) is 5.75 Å². The van der Waals surface area contributed by atoms with E-state index in [0.717, 1.165) is 0 Å². The van der Waals surface area contributed by atoms with E-state index in [1.54, 1.807) is 61.5 Å². The Balaban J connectivity index is 1.98. The number of para-hydroxylation sites is 1. The number of anilines is 1. The maximum atomic E-state index is 13.0. The van der Waals surface area contributed by atoms with Gasteiger partial charge in [0.25, 0.3) is 5.78 Å². The molecular formula is C22H17ClN2O5. The average Bonchev–Trinajstić information content (AvgIpc) is 3.29. The summed E-state index contributed by atoms with van der Waals surface area (Å²) >= 11 is 5.94. The first-order valence-corrected chi connectivity index (χ1v) is 9.43. The Morgan fingerprint density at radius 1 is 1.17 bits per heavy atom. The molecule has 1 aliphatic heterocycles. The molecule has 8 heteroatoms. The van der Waals surface area contributed by atoms with Crippen LogP contribution in [0.2, 0.25) is 5.02 Å². The smallest absolute Gasteiger partial charge is 0.301 e. The highest BCUT2D eigenvalue weighted by Gasteiger charge is 2.49. The number of hydrogen-bond donors (Lipinski definition) is 1. The summed E-state index contributed by atoms with van der Waals surface area (Å²) in [6.45, 7) is 1.68. The van der Waals surface area contributed by atoms with Crippen molar-refractivity contribution in [2.24, 2.45) is 0 Å². The van der Waals surface area contributed by atoms with Crippen LogP contribution in [-0.2, 0) is 9.59 Å². The number of carbonyl (C=O) groups excluding carboxylic acids is 2. The molecule has 4 rings (SSSR count). The standard InChI is InChI=1S/C22H17ClN2O5/c1-12-11-17(24-30-12)25-19(15-5-3-4-6-16(15)29-2)18(21(27)22(25)28)20(26)13-7-9-14(23)10-8-13/h3-11,19,26H,1-2H3/t19-/m0/s1. The largest absolute Gasteiger partial charge is 0.507 e. The van der Waals surface area contributed by atoms with Gasteiger partial charge in [-0.2, -0.15) is 0 Å². The lowest BCUT2D eigenvalue weighted by atomic mass is 9.94. The molecule has 1 atom stereocenters. The number of rotatable bonds is 4. The molecule has 30 heavy (non-hydrogen) atoms.